The fourth-order valence-electron chi connectivity index (χ4n) is 1.87. The van der Waals surface area contributed by atoms with Crippen molar-refractivity contribution in [1.29, 1.82) is 0 Å². The molecule has 0 heterocycles. The Hall–Kier alpha value is -1.81. The molecule has 0 saturated carbocycles. The molecule has 0 bridgehead atoms. The summed E-state index contributed by atoms with van der Waals surface area (Å²) in [6.45, 7) is 4.27. The molecule has 0 spiro atoms. The lowest BCUT2D eigenvalue weighted by Gasteiger charge is -2.10. The van der Waals surface area contributed by atoms with Gasteiger partial charge >= 0.3 is 0 Å². The number of carbonyl (C=O) groups excluding carboxylic acids is 1. The standard InChI is InChI=1S/C16H17BrN2O/c1-10(2)11-3-6-13(7-4-11)19-16(20)14-9-12(17)5-8-15(14)18/h3-10H,18H2,1-2H3,(H,19,20). The van der Waals surface area contributed by atoms with Crippen LogP contribution in [0, 0.1) is 0 Å². The smallest absolute Gasteiger partial charge is 0.257 e. The second kappa shape index (κ2) is 6.09. The van der Waals surface area contributed by atoms with Crippen molar-refractivity contribution in [3.05, 3.63) is 58.1 Å². The third kappa shape index (κ3) is 3.39. The van der Waals surface area contributed by atoms with E-state index in [2.05, 4.69) is 35.1 Å². The molecule has 2 aromatic rings. The van der Waals surface area contributed by atoms with Crippen LogP contribution in [0.4, 0.5) is 11.4 Å². The fraction of sp³-hybridized carbons (Fsp3) is 0.188. The molecule has 3 nitrogen and oxygen atoms in total. The molecule has 4 heteroatoms. The number of amides is 1. The van der Waals surface area contributed by atoms with Crippen molar-refractivity contribution in [3.63, 3.8) is 0 Å². The molecule has 2 rings (SSSR count). The van der Waals surface area contributed by atoms with Crippen molar-refractivity contribution in [2.45, 2.75) is 19.8 Å². The second-order valence-corrected chi connectivity index (χ2v) is 5.88. The molecule has 104 valence electrons. The van der Waals surface area contributed by atoms with Crippen molar-refractivity contribution < 1.29 is 4.79 Å². The fourth-order valence-corrected chi connectivity index (χ4v) is 2.24. The summed E-state index contributed by atoms with van der Waals surface area (Å²) in [5, 5.41) is 2.85. The van der Waals surface area contributed by atoms with Crippen LogP contribution in [0.5, 0.6) is 0 Å². The number of nitrogens with one attached hydrogen (secondary N) is 1. The quantitative estimate of drug-likeness (QED) is 0.818. The molecule has 3 N–H and O–H groups in total. The van der Waals surface area contributed by atoms with E-state index in [4.69, 9.17) is 5.73 Å². The summed E-state index contributed by atoms with van der Waals surface area (Å²) in [5.41, 5.74) is 8.76. The van der Waals surface area contributed by atoms with Gasteiger partial charge in [0, 0.05) is 15.8 Å². The summed E-state index contributed by atoms with van der Waals surface area (Å²) in [4.78, 5) is 12.2. The van der Waals surface area contributed by atoms with Gasteiger partial charge in [-0.15, -0.1) is 0 Å². The van der Waals surface area contributed by atoms with Gasteiger partial charge in [0.15, 0.2) is 0 Å². The molecule has 0 fully saturated rings. The van der Waals surface area contributed by atoms with E-state index in [1.165, 1.54) is 5.56 Å². The minimum Gasteiger partial charge on any atom is -0.398 e. The van der Waals surface area contributed by atoms with Gasteiger partial charge in [-0.1, -0.05) is 41.9 Å². The first-order valence-corrected chi connectivity index (χ1v) is 7.23. The van der Waals surface area contributed by atoms with Gasteiger partial charge in [0.1, 0.15) is 0 Å². The van der Waals surface area contributed by atoms with Crippen LogP contribution in [0.15, 0.2) is 46.9 Å². The van der Waals surface area contributed by atoms with E-state index >= 15 is 0 Å². The molecule has 0 aromatic heterocycles. The summed E-state index contributed by atoms with van der Waals surface area (Å²) < 4.78 is 0.826. The number of benzene rings is 2. The predicted molar refractivity (Wildman–Crippen MR) is 87.0 cm³/mol. The van der Waals surface area contributed by atoms with Crippen LogP contribution in [-0.4, -0.2) is 5.91 Å². The van der Waals surface area contributed by atoms with Crippen molar-refractivity contribution in [1.82, 2.24) is 0 Å². The van der Waals surface area contributed by atoms with Gasteiger partial charge in [-0.3, -0.25) is 4.79 Å². The zero-order valence-electron chi connectivity index (χ0n) is 11.5. The summed E-state index contributed by atoms with van der Waals surface area (Å²) in [5.74, 6) is 0.265. The number of rotatable bonds is 3. The van der Waals surface area contributed by atoms with E-state index in [0.717, 1.165) is 10.2 Å². The molecule has 0 atom stereocenters. The number of carbonyl (C=O) groups is 1. The predicted octanol–water partition coefficient (Wildman–Crippen LogP) is 4.41. The number of anilines is 2. The Morgan fingerprint density at radius 1 is 1.15 bits per heavy atom. The average Bonchev–Trinajstić information content (AvgIpc) is 2.42. The third-order valence-corrected chi connectivity index (χ3v) is 3.59. The number of nitrogen functional groups attached to an aromatic ring is 1. The lowest BCUT2D eigenvalue weighted by atomic mass is 10.0. The molecule has 0 saturated heterocycles. The van der Waals surface area contributed by atoms with Gasteiger partial charge in [-0.25, -0.2) is 0 Å². The highest BCUT2D eigenvalue weighted by atomic mass is 79.9. The highest BCUT2D eigenvalue weighted by molar-refractivity contribution is 9.10. The molecule has 0 unspecified atom stereocenters. The topological polar surface area (TPSA) is 55.1 Å². The largest absolute Gasteiger partial charge is 0.398 e. The van der Waals surface area contributed by atoms with Gasteiger partial charge in [0.2, 0.25) is 0 Å². The number of halogens is 1. The molecule has 1 amide bonds. The zero-order valence-corrected chi connectivity index (χ0v) is 13.1. The van der Waals surface area contributed by atoms with Crippen LogP contribution in [0.1, 0.15) is 35.7 Å². The van der Waals surface area contributed by atoms with Crippen molar-refractivity contribution in [3.8, 4) is 0 Å². The van der Waals surface area contributed by atoms with E-state index < -0.39 is 0 Å². The highest BCUT2D eigenvalue weighted by Gasteiger charge is 2.10. The van der Waals surface area contributed by atoms with Crippen LogP contribution >= 0.6 is 15.9 Å². The molecular formula is C16H17BrN2O. The number of hydrogen-bond donors (Lipinski definition) is 2. The lowest BCUT2D eigenvalue weighted by Crippen LogP contribution is -2.14. The summed E-state index contributed by atoms with van der Waals surface area (Å²) >= 11 is 3.34. The van der Waals surface area contributed by atoms with Crippen LogP contribution in [0.25, 0.3) is 0 Å². The number of nitrogens with two attached hydrogens (primary N) is 1. The van der Waals surface area contributed by atoms with Crippen LogP contribution < -0.4 is 11.1 Å². The van der Waals surface area contributed by atoms with E-state index in [1.807, 2.05) is 30.3 Å². The van der Waals surface area contributed by atoms with Crippen molar-refractivity contribution >= 4 is 33.2 Å². The van der Waals surface area contributed by atoms with Crippen LogP contribution in [-0.2, 0) is 0 Å². The zero-order chi connectivity index (χ0) is 14.7. The molecule has 0 aliphatic carbocycles. The molecule has 20 heavy (non-hydrogen) atoms. The Kier molecular flexibility index (Phi) is 4.45. The highest BCUT2D eigenvalue weighted by Crippen LogP contribution is 2.21. The maximum Gasteiger partial charge on any atom is 0.257 e. The molecule has 0 radical (unpaired) electrons. The second-order valence-electron chi connectivity index (χ2n) is 4.96. The third-order valence-electron chi connectivity index (χ3n) is 3.10. The molecular weight excluding hydrogens is 316 g/mol. The maximum atomic E-state index is 12.2. The minimum atomic E-state index is -0.207. The normalized spacial score (nSPS) is 10.6. The molecule has 0 aliphatic rings. The Labute approximate surface area is 127 Å². The molecule has 0 aliphatic heterocycles. The Morgan fingerprint density at radius 3 is 2.40 bits per heavy atom. The monoisotopic (exact) mass is 332 g/mol. The van der Waals surface area contributed by atoms with E-state index in [0.29, 0.717) is 17.2 Å². The van der Waals surface area contributed by atoms with E-state index in [-0.39, 0.29) is 5.91 Å². The summed E-state index contributed by atoms with van der Waals surface area (Å²) in [6.07, 6.45) is 0. The van der Waals surface area contributed by atoms with Crippen LogP contribution in [0.3, 0.4) is 0 Å². The summed E-state index contributed by atoms with van der Waals surface area (Å²) in [6, 6.07) is 13.1. The Balaban J connectivity index is 2.17. The maximum absolute atomic E-state index is 12.2. The Bertz CT molecular complexity index is 621. The van der Waals surface area contributed by atoms with Gasteiger partial charge in [0.05, 0.1) is 5.56 Å². The van der Waals surface area contributed by atoms with Crippen LogP contribution in [0.2, 0.25) is 0 Å². The average molecular weight is 333 g/mol. The number of hydrogen-bond acceptors (Lipinski definition) is 2. The van der Waals surface area contributed by atoms with Gasteiger partial charge in [-0.05, 0) is 41.8 Å². The minimum absolute atomic E-state index is 0.207. The van der Waals surface area contributed by atoms with Gasteiger partial charge in [0.25, 0.3) is 5.91 Å². The van der Waals surface area contributed by atoms with E-state index in [9.17, 15) is 4.79 Å². The van der Waals surface area contributed by atoms with Crippen molar-refractivity contribution in [2.24, 2.45) is 0 Å². The SMILES string of the molecule is CC(C)c1ccc(NC(=O)c2cc(Br)ccc2N)cc1. The van der Waals surface area contributed by atoms with Gasteiger partial charge < -0.3 is 11.1 Å². The first kappa shape index (κ1) is 14.6. The summed E-state index contributed by atoms with van der Waals surface area (Å²) in [7, 11) is 0. The van der Waals surface area contributed by atoms with Crippen molar-refractivity contribution in [2.75, 3.05) is 11.1 Å². The first-order chi connectivity index (χ1) is 9.47. The van der Waals surface area contributed by atoms with E-state index in [1.54, 1.807) is 12.1 Å². The lowest BCUT2D eigenvalue weighted by molar-refractivity contribution is 0.102. The Morgan fingerprint density at radius 2 is 1.80 bits per heavy atom. The first-order valence-electron chi connectivity index (χ1n) is 6.43. The molecule has 2 aromatic carbocycles. The van der Waals surface area contributed by atoms with Gasteiger partial charge in [-0.2, -0.15) is 0 Å².